The van der Waals surface area contributed by atoms with Crippen molar-refractivity contribution in [2.24, 2.45) is 0 Å². The summed E-state index contributed by atoms with van der Waals surface area (Å²) < 4.78 is 4.75. The van der Waals surface area contributed by atoms with Crippen LogP contribution in [0.15, 0.2) is 23.3 Å². The molecule has 0 fully saturated rings. The Labute approximate surface area is 103 Å². The van der Waals surface area contributed by atoms with Gasteiger partial charge in [-0.2, -0.15) is 0 Å². The Hall–Kier alpha value is -1.58. The van der Waals surface area contributed by atoms with Gasteiger partial charge < -0.3 is 10.1 Å². The van der Waals surface area contributed by atoms with Gasteiger partial charge in [0.05, 0.1) is 0 Å². The number of likely N-dealkylation sites (N-methyl/N-ethyl adjacent to an activating group) is 1. The van der Waals surface area contributed by atoms with E-state index >= 15 is 0 Å². The van der Waals surface area contributed by atoms with Gasteiger partial charge in [-0.25, -0.2) is 4.79 Å². The van der Waals surface area contributed by atoms with Crippen molar-refractivity contribution in [1.29, 1.82) is 0 Å². The standard InChI is InChI=1S/C13H21NO3/c1-10(2)6-5-7-11(3)8-9-17-13(16)12(15)14-4/h6,8H,5,7,9H2,1-4H3,(H,14,15). The third-order valence-corrected chi connectivity index (χ3v) is 2.15. The van der Waals surface area contributed by atoms with Crippen LogP contribution >= 0.6 is 0 Å². The maximum atomic E-state index is 11.0. The third kappa shape index (κ3) is 8.25. The minimum Gasteiger partial charge on any atom is -0.454 e. The number of ether oxygens (including phenoxy) is 1. The maximum absolute atomic E-state index is 11.0. The van der Waals surface area contributed by atoms with Crippen LogP contribution in [0, 0.1) is 0 Å². The lowest BCUT2D eigenvalue weighted by Crippen LogP contribution is -2.29. The van der Waals surface area contributed by atoms with Crippen LogP contribution in [0.5, 0.6) is 0 Å². The van der Waals surface area contributed by atoms with Crippen molar-refractivity contribution in [2.75, 3.05) is 13.7 Å². The van der Waals surface area contributed by atoms with Gasteiger partial charge >= 0.3 is 11.9 Å². The Bertz CT molecular complexity index is 326. The molecule has 0 unspecified atom stereocenters. The Kier molecular flexibility index (Phi) is 7.76. The molecule has 96 valence electrons. The fraction of sp³-hybridized carbons (Fsp3) is 0.538. The van der Waals surface area contributed by atoms with Gasteiger partial charge in [0.25, 0.3) is 0 Å². The molecule has 0 atom stereocenters. The first-order chi connectivity index (χ1) is 7.97. The number of hydrogen-bond donors (Lipinski definition) is 1. The molecule has 1 amide bonds. The molecule has 0 aromatic heterocycles. The van der Waals surface area contributed by atoms with E-state index in [-0.39, 0.29) is 6.61 Å². The molecule has 0 heterocycles. The highest BCUT2D eigenvalue weighted by atomic mass is 16.5. The van der Waals surface area contributed by atoms with Gasteiger partial charge in [0.1, 0.15) is 6.61 Å². The normalized spacial score (nSPS) is 10.7. The molecule has 0 bridgehead atoms. The van der Waals surface area contributed by atoms with Gasteiger partial charge in [-0.1, -0.05) is 17.2 Å². The Morgan fingerprint density at radius 2 is 1.82 bits per heavy atom. The zero-order valence-electron chi connectivity index (χ0n) is 11.0. The van der Waals surface area contributed by atoms with Crippen molar-refractivity contribution in [2.45, 2.75) is 33.6 Å². The summed E-state index contributed by atoms with van der Waals surface area (Å²) in [5, 5.41) is 2.21. The van der Waals surface area contributed by atoms with E-state index in [1.807, 2.05) is 13.0 Å². The average molecular weight is 239 g/mol. The van der Waals surface area contributed by atoms with Crippen LogP contribution in [0.2, 0.25) is 0 Å². The molecule has 4 heteroatoms. The third-order valence-electron chi connectivity index (χ3n) is 2.15. The number of amides is 1. The van der Waals surface area contributed by atoms with Gasteiger partial charge in [-0.15, -0.1) is 0 Å². The van der Waals surface area contributed by atoms with Crippen molar-refractivity contribution in [3.63, 3.8) is 0 Å². The lowest BCUT2D eigenvalue weighted by Gasteiger charge is -2.02. The van der Waals surface area contributed by atoms with Crippen molar-refractivity contribution < 1.29 is 14.3 Å². The number of esters is 1. The number of carbonyl (C=O) groups excluding carboxylic acids is 2. The largest absolute Gasteiger partial charge is 0.454 e. The summed E-state index contributed by atoms with van der Waals surface area (Å²) in [5.41, 5.74) is 2.44. The van der Waals surface area contributed by atoms with Crippen LogP contribution in [-0.2, 0) is 14.3 Å². The highest BCUT2D eigenvalue weighted by Crippen LogP contribution is 2.06. The fourth-order valence-electron chi connectivity index (χ4n) is 1.12. The van der Waals surface area contributed by atoms with E-state index in [9.17, 15) is 9.59 Å². The van der Waals surface area contributed by atoms with E-state index in [0.717, 1.165) is 18.4 Å². The van der Waals surface area contributed by atoms with Crippen LogP contribution < -0.4 is 5.32 Å². The second kappa shape index (κ2) is 8.56. The highest BCUT2D eigenvalue weighted by molar-refractivity contribution is 6.32. The molecule has 0 aliphatic heterocycles. The number of carbonyl (C=O) groups is 2. The first-order valence-electron chi connectivity index (χ1n) is 5.65. The molecule has 0 saturated carbocycles. The van der Waals surface area contributed by atoms with Crippen LogP contribution in [-0.4, -0.2) is 25.5 Å². The lowest BCUT2D eigenvalue weighted by molar-refractivity contribution is -0.153. The smallest absolute Gasteiger partial charge is 0.397 e. The molecular formula is C13H21NO3. The zero-order chi connectivity index (χ0) is 13.3. The maximum Gasteiger partial charge on any atom is 0.397 e. The molecule has 1 N–H and O–H groups in total. The Balaban J connectivity index is 3.88. The SMILES string of the molecule is CNC(=O)C(=O)OCC=C(C)CCC=C(C)C. The molecule has 17 heavy (non-hydrogen) atoms. The Morgan fingerprint density at radius 1 is 1.18 bits per heavy atom. The summed E-state index contributed by atoms with van der Waals surface area (Å²) in [4.78, 5) is 21.8. The van der Waals surface area contributed by atoms with Crippen molar-refractivity contribution >= 4 is 11.9 Å². The first kappa shape index (κ1) is 15.4. The van der Waals surface area contributed by atoms with E-state index in [2.05, 4.69) is 25.2 Å². The quantitative estimate of drug-likeness (QED) is 0.453. The number of rotatable bonds is 5. The topological polar surface area (TPSA) is 55.4 Å². The summed E-state index contributed by atoms with van der Waals surface area (Å²) in [6, 6.07) is 0. The van der Waals surface area contributed by atoms with Crippen LogP contribution in [0.1, 0.15) is 33.6 Å². The van der Waals surface area contributed by atoms with Gasteiger partial charge in [0.2, 0.25) is 0 Å². The molecule has 0 aromatic carbocycles. The number of allylic oxidation sites excluding steroid dienone is 3. The van der Waals surface area contributed by atoms with Gasteiger partial charge in [0, 0.05) is 7.05 Å². The fourth-order valence-corrected chi connectivity index (χ4v) is 1.12. The van der Waals surface area contributed by atoms with Crippen molar-refractivity contribution in [3.05, 3.63) is 23.3 Å². The zero-order valence-corrected chi connectivity index (χ0v) is 11.0. The van der Waals surface area contributed by atoms with Crippen LogP contribution in [0.4, 0.5) is 0 Å². The molecular weight excluding hydrogens is 218 g/mol. The lowest BCUT2D eigenvalue weighted by atomic mass is 10.1. The van der Waals surface area contributed by atoms with E-state index in [1.54, 1.807) is 0 Å². The summed E-state index contributed by atoms with van der Waals surface area (Å²) >= 11 is 0. The van der Waals surface area contributed by atoms with E-state index in [1.165, 1.54) is 12.6 Å². The minimum atomic E-state index is -0.846. The van der Waals surface area contributed by atoms with Crippen LogP contribution in [0.25, 0.3) is 0 Å². The second-order valence-electron chi connectivity index (χ2n) is 4.05. The predicted molar refractivity (Wildman–Crippen MR) is 67.4 cm³/mol. The van der Waals surface area contributed by atoms with Crippen molar-refractivity contribution in [3.8, 4) is 0 Å². The first-order valence-corrected chi connectivity index (χ1v) is 5.65. The minimum absolute atomic E-state index is 0.146. The summed E-state index contributed by atoms with van der Waals surface area (Å²) in [7, 11) is 1.39. The highest BCUT2D eigenvalue weighted by Gasteiger charge is 2.11. The predicted octanol–water partition coefficient (Wildman–Crippen LogP) is 1.97. The molecule has 0 saturated heterocycles. The molecule has 0 rings (SSSR count). The summed E-state index contributed by atoms with van der Waals surface area (Å²) in [5.74, 6) is -1.57. The molecule has 0 spiro atoms. The van der Waals surface area contributed by atoms with E-state index in [0.29, 0.717) is 0 Å². The molecule has 0 radical (unpaired) electrons. The Morgan fingerprint density at radius 3 is 2.35 bits per heavy atom. The monoisotopic (exact) mass is 239 g/mol. The average Bonchev–Trinajstić information content (AvgIpc) is 2.27. The molecule has 0 aliphatic rings. The summed E-state index contributed by atoms with van der Waals surface area (Å²) in [6.45, 7) is 6.24. The van der Waals surface area contributed by atoms with Gasteiger partial charge in [-0.05, 0) is 39.7 Å². The van der Waals surface area contributed by atoms with E-state index in [4.69, 9.17) is 4.74 Å². The molecule has 0 aromatic rings. The second-order valence-corrected chi connectivity index (χ2v) is 4.05. The molecule has 0 aliphatic carbocycles. The van der Waals surface area contributed by atoms with Gasteiger partial charge in [0.15, 0.2) is 0 Å². The number of hydrogen-bond acceptors (Lipinski definition) is 3. The van der Waals surface area contributed by atoms with Gasteiger partial charge in [-0.3, -0.25) is 4.79 Å². The van der Waals surface area contributed by atoms with Crippen molar-refractivity contribution in [1.82, 2.24) is 5.32 Å². The van der Waals surface area contributed by atoms with Crippen LogP contribution in [0.3, 0.4) is 0 Å². The molecule has 4 nitrogen and oxygen atoms in total. The van der Waals surface area contributed by atoms with E-state index < -0.39 is 11.9 Å². The summed E-state index contributed by atoms with van der Waals surface area (Å²) in [6.07, 6.45) is 5.89. The number of nitrogens with one attached hydrogen (secondary N) is 1.